The quantitative estimate of drug-likeness (QED) is 0.586. The number of nitrogens with zero attached hydrogens (tertiary/aromatic N) is 2. The molecule has 1 N–H and O–H groups in total. The van der Waals surface area contributed by atoms with Crippen LogP contribution in [-0.2, 0) is 11.7 Å². The molecule has 0 unspecified atom stereocenters. The number of nitrogens with one attached hydrogen (secondary N) is 1. The Morgan fingerprint density at radius 3 is 2.42 bits per heavy atom. The lowest BCUT2D eigenvalue weighted by atomic mass is 9.96. The number of aryl methyl sites for hydroxylation is 1. The highest BCUT2D eigenvalue weighted by molar-refractivity contribution is 5.95. The molecule has 0 aliphatic heterocycles. The summed E-state index contributed by atoms with van der Waals surface area (Å²) in [4.78, 5) is 17.3. The van der Waals surface area contributed by atoms with E-state index < -0.39 is 17.3 Å². The summed E-state index contributed by atoms with van der Waals surface area (Å²) in [6.45, 7) is 1.69. The molecule has 0 saturated heterocycles. The van der Waals surface area contributed by atoms with E-state index in [9.17, 15) is 18.0 Å². The van der Waals surface area contributed by atoms with Crippen molar-refractivity contribution in [2.45, 2.75) is 44.3 Å². The molecule has 4 rings (SSSR count). The van der Waals surface area contributed by atoms with Gasteiger partial charge in [0.15, 0.2) is 5.82 Å². The number of rotatable bonds is 5. The molecular formula is C22H20F3N3O3. The van der Waals surface area contributed by atoms with Crippen molar-refractivity contribution in [2.24, 2.45) is 0 Å². The van der Waals surface area contributed by atoms with E-state index in [0.29, 0.717) is 30.1 Å². The maximum atomic E-state index is 13.0. The maximum absolute atomic E-state index is 13.0. The number of alkyl halides is 3. The van der Waals surface area contributed by atoms with Crippen LogP contribution in [0.15, 0.2) is 53.1 Å². The van der Waals surface area contributed by atoms with Gasteiger partial charge in [0.1, 0.15) is 17.0 Å². The third-order valence-corrected chi connectivity index (χ3v) is 5.26. The fourth-order valence-electron chi connectivity index (χ4n) is 3.74. The Hall–Kier alpha value is -3.36. The van der Waals surface area contributed by atoms with Gasteiger partial charge in [-0.1, -0.05) is 30.1 Å². The van der Waals surface area contributed by atoms with Crippen molar-refractivity contribution in [3.8, 4) is 11.5 Å². The molecule has 1 aliphatic carbocycles. The van der Waals surface area contributed by atoms with E-state index in [2.05, 4.69) is 15.5 Å². The molecule has 1 heterocycles. The molecule has 1 aliphatic rings. The van der Waals surface area contributed by atoms with Gasteiger partial charge in [0.25, 0.3) is 5.91 Å². The SMILES string of the molecule is Cc1nc(C2(NC(=O)c3cccc(Oc4cccc(C(F)(F)F)c4)c3)CCCC2)no1. The Morgan fingerprint density at radius 2 is 1.77 bits per heavy atom. The average molecular weight is 431 g/mol. The minimum absolute atomic E-state index is 0.0296. The molecule has 3 aromatic rings. The van der Waals surface area contributed by atoms with Gasteiger partial charge in [0.2, 0.25) is 5.89 Å². The molecule has 0 radical (unpaired) electrons. The van der Waals surface area contributed by atoms with Crippen molar-refractivity contribution in [3.63, 3.8) is 0 Å². The summed E-state index contributed by atoms with van der Waals surface area (Å²) in [6, 6.07) is 10.9. The second-order valence-corrected chi connectivity index (χ2v) is 7.54. The van der Waals surface area contributed by atoms with Gasteiger partial charge >= 0.3 is 6.18 Å². The van der Waals surface area contributed by atoms with Gasteiger partial charge in [-0.25, -0.2) is 0 Å². The highest BCUT2D eigenvalue weighted by Gasteiger charge is 2.41. The van der Waals surface area contributed by atoms with Gasteiger partial charge in [-0.2, -0.15) is 18.2 Å². The van der Waals surface area contributed by atoms with Crippen LogP contribution in [0.4, 0.5) is 13.2 Å². The summed E-state index contributed by atoms with van der Waals surface area (Å²) >= 11 is 0. The Bertz CT molecular complexity index is 1090. The number of hydrogen-bond acceptors (Lipinski definition) is 5. The molecule has 2 aromatic carbocycles. The molecule has 31 heavy (non-hydrogen) atoms. The van der Waals surface area contributed by atoms with E-state index in [0.717, 1.165) is 25.0 Å². The molecule has 1 saturated carbocycles. The summed E-state index contributed by atoms with van der Waals surface area (Å²) in [6.07, 6.45) is -1.24. The Kier molecular flexibility index (Phi) is 5.43. The van der Waals surface area contributed by atoms with Gasteiger partial charge < -0.3 is 14.6 Å². The number of carbonyl (C=O) groups excluding carboxylic acids is 1. The summed E-state index contributed by atoms with van der Waals surface area (Å²) in [5.74, 6) is 0.808. The molecular weight excluding hydrogens is 411 g/mol. The molecule has 1 amide bonds. The first kappa shape index (κ1) is 20.9. The molecule has 0 atom stereocenters. The van der Waals surface area contributed by atoms with Crippen molar-refractivity contribution < 1.29 is 27.2 Å². The summed E-state index contributed by atoms with van der Waals surface area (Å²) < 4.78 is 49.4. The van der Waals surface area contributed by atoms with Crippen molar-refractivity contribution in [1.82, 2.24) is 15.5 Å². The number of hydrogen-bond donors (Lipinski definition) is 1. The van der Waals surface area contributed by atoms with E-state index in [1.807, 2.05) is 0 Å². The highest BCUT2D eigenvalue weighted by atomic mass is 19.4. The largest absolute Gasteiger partial charge is 0.457 e. The Balaban J connectivity index is 1.53. The number of halogens is 3. The fraction of sp³-hybridized carbons (Fsp3) is 0.318. The van der Waals surface area contributed by atoms with Crippen LogP contribution in [-0.4, -0.2) is 16.0 Å². The van der Waals surface area contributed by atoms with Crippen molar-refractivity contribution in [2.75, 3.05) is 0 Å². The van der Waals surface area contributed by atoms with Crippen LogP contribution in [0, 0.1) is 6.92 Å². The number of carbonyl (C=O) groups is 1. The zero-order valence-corrected chi connectivity index (χ0v) is 16.7. The van der Waals surface area contributed by atoms with Crippen molar-refractivity contribution in [3.05, 3.63) is 71.4 Å². The molecule has 1 fully saturated rings. The predicted molar refractivity (Wildman–Crippen MR) is 105 cm³/mol. The molecule has 9 heteroatoms. The van der Waals surface area contributed by atoms with Crippen LogP contribution in [0.3, 0.4) is 0 Å². The second kappa shape index (κ2) is 8.05. The molecule has 1 aromatic heterocycles. The van der Waals surface area contributed by atoms with Crippen molar-refractivity contribution in [1.29, 1.82) is 0 Å². The fourth-order valence-corrected chi connectivity index (χ4v) is 3.74. The average Bonchev–Trinajstić information content (AvgIpc) is 3.38. The molecule has 0 spiro atoms. The van der Waals surface area contributed by atoms with Crippen LogP contribution in [0.1, 0.15) is 53.3 Å². The van der Waals surface area contributed by atoms with Crippen LogP contribution >= 0.6 is 0 Å². The van der Waals surface area contributed by atoms with Crippen LogP contribution in [0.2, 0.25) is 0 Å². The molecule has 6 nitrogen and oxygen atoms in total. The number of aromatic nitrogens is 2. The predicted octanol–water partition coefficient (Wildman–Crippen LogP) is 5.39. The first-order chi connectivity index (χ1) is 14.7. The monoisotopic (exact) mass is 431 g/mol. The highest BCUT2D eigenvalue weighted by Crippen LogP contribution is 2.38. The van der Waals surface area contributed by atoms with Gasteiger partial charge in [-0.15, -0.1) is 0 Å². The minimum atomic E-state index is -4.47. The van der Waals surface area contributed by atoms with E-state index in [1.54, 1.807) is 25.1 Å². The lowest BCUT2D eigenvalue weighted by Gasteiger charge is -2.26. The van der Waals surface area contributed by atoms with E-state index in [1.165, 1.54) is 18.2 Å². The first-order valence-corrected chi connectivity index (χ1v) is 9.84. The zero-order valence-electron chi connectivity index (χ0n) is 16.7. The summed E-state index contributed by atoms with van der Waals surface area (Å²) in [5.41, 5.74) is -1.19. The Morgan fingerprint density at radius 1 is 1.10 bits per heavy atom. The van der Waals surface area contributed by atoms with Gasteiger partial charge in [-0.05, 0) is 49.2 Å². The van der Waals surface area contributed by atoms with E-state index in [-0.39, 0.29) is 17.4 Å². The van der Waals surface area contributed by atoms with Gasteiger partial charge in [0, 0.05) is 12.5 Å². The van der Waals surface area contributed by atoms with Crippen LogP contribution < -0.4 is 10.1 Å². The van der Waals surface area contributed by atoms with E-state index >= 15 is 0 Å². The standard InChI is InChI=1S/C22H20F3N3O3/c1-14-26-20(28-31-14)21(10-2-3-11-21)27-19(29)15-6-4-8-17(12-15)30-18-9-5-7-16(13-18)22(23,24)25/h4-9,12-13H,2-3,10-11H2,1H3,(H,27,29). The van der Waals surface area contributed by atoms with Crippen LogP contribution in [0.5, 0.6) is 11.5 Å². The number of amides is 1. The maximum Gasteiger partial charge on any atom is 0.416 e. The van der Waals surface area contributed by atoms with Crippen molar-refractivity contribution >= 4 is 5.91 Å². The second-order valence-electron chi connectivity index (χ2n) is 7.54. The number of ether oxygens (including phenoxy) is 1. The summed E-state index contributed by atoms with van der Waals surface area (Å²) in [7, 11) is 0. The minimum Gasteiger partial charge on any atom is -0.457 e. The van der Waals surface area contributed by atoms with Crippen LogP contribution in [0.25, 0.3) is 0 Å². The Labute approximate surface area is 176 Å². The zero-order chi connectivity index (χ0) is 22.1. The normalized spacial score (nSPS) is 15.6. The first-order valence-electron chi connectivity index (χ1n) is 9.84. The van der Waals surface area contributed by atoms with E-state index in [4.69, 9.17) is 9.26 Å². The smallest absolute Gasteiger partial charge is 0.416 e. The summed E-state index contributed by atoms with van der Waals surface area (Å²) in [5, 5.41) is 7.03. The third kappa shape index (κ3) is 4.55. The van der Waals surface area contributed by atoms with Gasteiger partial charge in [-0.3, -0.25) is 4.79 Å². The molecule has 162 valence electrons. The van der Waals surface area contributed by atoms with Gasteiger partial charge in [0.05, 0.1) is 5.56 Å². The lowest BCUT2D eigenvalue weighted by Crippen LogP contribution is -2.44. The topological polar surface area (TPSA) is 77.2 Å². The molecule has 0 bridgehead atoms. The third-order valence-electron chi connectivity index (χ3n) is 5.26. The lowest BCUT2D eigenvalue weighted by molar-refractivity contribution is -0.137. The number of benzene rings is 2.